The van der Waals surface area contributed by atoms with Crippen LogP contribution < -0.4 is 14.8 Å². The van der Waals surface area contributed by atoms with E-state index >= 15 is 0 Å². The van der Waals surface area contributed by atoms with E-state index in [9.17, 15) is 14.4 Å². The van der Waals surface area contributed by atoms with E-state index in [0.29, 0.717) is 43.5 Å². The van der Waals surface area contributed by atoms with E-state index in [1.54, 1.807) is 14.0 Å². The average molecular weight is 492 g/mol. The third-order valence-corrected chi connectivity index (χ3v) is 6.49. The first-order valence-corrected chi connectivity index (χ1v) is 12.1. The van der Waals surface area contributed by atoms with Crippen LogP contribution in [-0.2, 0) is 27.4 Å². The number of aldehydes is 1. The van der Waals surface area contributed by atoms with Gasteiger partial charge in [0.2, 0.25) is 5.91 Å². The van der Waals surface area contributed by atoms with Gasteiger partial charge in [-0.3, -0.25) is 4.79 Å². The highest BCUT2D eigenvalue weighted by molar-refractivity contribution is 5.96. The van der Waals surface area contributed by atoms with Crippen LogP contribution in [-0.4, -0.2) is 37.4 Å². The molecule has 0 fully saturated rings. The fourth-order valence-corrected chi connectivity index (χ4v) is 4.25. The molecule has 0 saturated carbocycles. The van der Waals surface area contributed by atoms with E-state index in [4.69, 9.17) is 20.6 Å². The number of carbonyl (C=O) groups is 3. The SMILES string of the molecule is C#CC[C@@H](C)C(=O)NC(C=O)C[C@H](C)[C@H]1Cc2ccc(C)c(OCc3ccc(OC)cc3)c2C(=O)O1. The van der Waals surface area contributed by atoms with Crippen molar-refractivity contribution in [2.75, 3.05) is 7.11 Å². The van der Waals surface area contributed by atoms with E-state index in [2.05, 4.69) is 11.2 Å². The van der Waals surface area contributed by atoms with Crippen LogP contribution in [0.2, 0.25) is 0 Å². The van der Waals surface area contributed by atoms with Crippen LogP contribution >= 0.6 is 0 Å². The molecule has 7 nitrogen and oxygen atoms in total. The van der Waals surface area contributed by atoms with E-state index in [1.807, 2.05) is 50.2 Å². The lowest BCUT2D eigenvalue weighted by Gasteiger charge is -2.31. The minimum atomic E-state index is -0.686. The van der Waals surface area contributed by atoms with Crippen molar-refractivity contribution >= 4 is 18.2 Å². The molecule has 1 N–H and O–H groups in total. The van der Waals surface area contributed by atoms with Gasteiger partial charge >= 0.3 is 5.97 Å². The van der Waals surface area contributed by atoms with E-state index in [-0.39, 0.29) is 17.7 Å². The van der Waals surface area contributed by atoms with Gasteiger partial charge in [-0.2, -0.15) is 0 Å². The van der Waals surface area contributed by atoms with Gasteiger partial charge in [0.1, 0.15) is 36.1 Å². The third-order valence-electron chi connectivity index (χ3n) is 6.49. The predicted octanol–water partition coefficient (Wildman–Crippen LogP) is 4.03. The largest absolute Gasteiger partial charge is 0.497 e. The second kappa shape index (κ2) is 12.3. The Morgan fingerprint density at radius 3 is 2.61 bits per heavy atom. The highest BCUT2D eigenvalue weighted by Crippen LogP contribution is 2.35. The molecule has 36 heavy (non-hydrogen) atoms. The summed E-state index contributed by atoms with van der Waals surface area (Å²) in [7, 11) is 1.61. The van der Waals surface area contributed by atoms with Gasteiger partial charge in [-0.15, -0.1) is 12.3 Å². The number of methoxy groups -OCH3 is 1. The van der Waals surface area contributed by atoms with Crippen LogP contribution in [0.15, 0.2) is 36.4 Å². The van der Waals surface area contributed by atoms with E-state index in [1.165, 1.54) is 0 Å². The average Bonchev–Trinajstić information content (AvgIpc) is 2.88. The number of nitrogens with one attached hydrogen (secondary N) is 1. The molecule has 0 aliphatic carbocycles. The van der Waals surface area contributed by atoms with Crippen molar-refractivity contribution in [3.8, 4) is 23.8 Å². The smallest absolute Gasteiger partial charge is 0.342 e. The number of benzene rings is 2. The molecule has 0 radical (unpaired) electrons. The summed E-state index contributed by atoms with van der Waals surface area (Å²) >= 11 is 0. The number of hydrogen-bond donors (Lipinski definition) is 1. The fraction of sp³-hybridized carbons (Fsp3) is 0.414. The van der Waals surface area contributed by atoms with Crippen LogP contribution in [0, 0.1) is 31.1 Å². The molecule has 0 bridgehead atoms. The highest BCUT2D eigenvalue weighted by atomic mass is 16.5. The van der Waals surface area contributed by atoms with Crippen LogP contribution in [0.1, 0.15) is 53.7 Å². The summed E-state index contributed by atoms with van der Waals surface area (Å²) < 4.78 is 17.1. The number of rotatable bonds is 11. The van der Waals surface area contributed by atoms with Gasteiger partial charge < -0.3 is 24.3 Å². The first-order valence-electron chi connectivity index (χ1n) is 12.1. The molecule has 0 aromatic heterocycles. The summed E-state index contributed by atoms with van der Waals surface area (Å²) in [6.45, 7) is 5.82. The molecule has 2 aromatic carbocycles. The number of terminal acetylenes is 1. The Morgan fingerprint density at radius 2 is 1.97 bits per heavy atom. The summed E-state index contributed by atoms with van der Waals surface area (Å²) in [6.07, 6.45) is 6.70. The Bertz CT molecular complexity index is 1130. The summed E-state index contributed by atoms with van der Waals surface area (Å²) in [4.78, 5) is 37.0. The highest BCUT2D eigenvalue weighted by Gasteiger charge is 2.34. The topological polar surface area (TPSA) is 90.9 Å². The Labute approximate surface area is 212 Å². The van der Waals surface area contributed by atoms with Crippen LogP contribution in [0.5, 0.6) is 11.5 Å². The molecule has 4 atom stereocenters. The molecule has 0 spiro atoms. The molecule has 1 amide bonds. The predicted molar refractivity (Wildman–Crippen MR) is 136 cm³/mol. The molecule has 1 unspecified atom stereocenters. The number of hydrogen-bond acceptors (Lipinski definition) is 6. The lowest BCUT2D eigenvalue weighted by atomic mass is 9.87. The second-order valence-corrected chi connectivity index (χ2v) is 9.30. The van der Waals surface area contributed by atoms with Gasteiger partial charge in [0, 0.05) is 18.8 Å². The number of aryl methyl sites for hydroxylation is 1. The quantitative estimate of drug-likeness (QED) is 0.290. The Morgan fingerprint density at radius 1 is 1.25 bits per heavy atom. The molecule has 1 aliphatic heterocycles. The third kappa shape index (κ3) is 6.45. The zero-order chi connectivity index (χ0) is 26.2. The van der Waals surface area contributed by atoms with Gasteiger partial charge in [-0.1, -0.05) is 38.1 Å². The minimum Gasteiger partial charge on any atom is -0.497 e. The molecular weight excluding hydrogens is 458 g/mol. The Hall–Kier alpha value is -3.79. The molecule has 2 aromatic rings. The number of ether oxygens (including phenoxy) is 3. The van der Waals surface area contributed by atoms with Gasteiger partial charge in [0.15, 0.2) is 0 Å². The van der Waals surface area contributed by atoms with Crippen molar-refractivity contribution in [1.82, 2.24) is 5.32 Å². The van der Waals surface area contributed by atoms with Gasteiger partial charge in [-0.25, -0.2) is 4.79 Å². The zero-order valence-electron chi connectivity index (χ0n) is 21.2. The molecule has 0 saturated heterocycles. The normalized spacial score (nSPS) is 17.0. The first-order chi connectivity index (χ1) is 17.3. The van der Waals surface area contributed by atoms with E-state index < -0.39 is 18.1 Å². The number of cyclic esters (lactones) is 1. The van der Waals surface area contributed by atoms with Gasteiger partial charge in [-0.05, 0) is 48.1 Å². The maximum Gasteiger partial charge on any atom is 0.342 e. The van der Waals surface area contributed by atoms with Crippen LogP contribution in [0.4, 0.5) is 0 Å². The second-order valence-electron chi connectivity index (χ2n) is 9.30. The summed E-state index contributed by atoms with van der Waals surface area (Å²) in [5.74, 6) is 2.47. The van der Waals surface area contributed by atoms with Gasteiger partial charge in [0.05, 0.1) is 13.2 Å². The zero-order valence-corrected chi connectivity index (χ0v) is 21.2. The van der Waals surface area contributed by atoms with Gasteiger partial charge in [0.25, 0.3) is 0 Å². The monoisotopic (exact) mass is 491 g/mol. The lowest BCUT2D eigenvalue weighted by molar-refractivity contribution is -0.127. The maximum atomic E-state index is 13.1. The number of amides is 1. The van der Waals surface area contributed by atoms with Crippen molar-refractivity contribution in [3.05, 3.63) is 58.7 Å². The summed E-state index contributed by atoms with van der Waals surface area (Å²) in [5, 5.41) is 2.74. The number of fused-ring (bicyclic) bond motifs is 1. The van der Waals surface area contributed by atoms with Crippen LogP contribution in [0.25, 0.3) is 0 Å². The maximum absolute atomic E-state index is 13.1. The number of carbonyl (C=O) groups excluding carboxylic acids is 3. The van der Waals surface area contributed by atoms with Crippen molar-refractivity contribution in [2.24, 2.45) is 11.8 Å². The first kappa shape index (κ1) is 26.8. The van der Waals surface area contributed by atoms with Crippen molar-refractivity contribution < 1.29 is 28.6 Å². The molecule has 190 valence electrons. The Kier molecular flexibility index (Phi) is 9.13. The Balaban J connectivity index is 1.69. The van der Waals surface area contributed by atoms with E-state index in [0.717, 1.165) is 22.4 Å². The summed E-state index contributed by atoms with van der Waals surface area (Å²) in [5.41, 5.74) is 3.07. The molecule has 3 rings (SSSR count). The molecule has 7 heteroatoms. The van der Waals surface area contributed by atoms with Crippen molar-refractivity contribution in [1.29, 1.82) is 0 Å². The lowest BCUT2D eigenvalue weighted by Crippen LogP contribution is -2.42. The molecule has 1 heterocycles. The van der Waals surface area contributed by atoms with Crippen molar-refractivity contribution in [2.45, 2.75) is 58.8 Å². The van der Waals surface area contributed by atoms with Crippen LogP contribution in [0.3, 0.4) is 0 Å². The molecular formula is C29H33NO6. The standard InChI is InChI=1S/C29H33NO6/c1-6-7-19(3)28(32)30-23(16-31)14-20(4)25-15-22-11-8-18(2)27(26(22)29(33)36-25)35-17-21-9-12-24(34-5)13-10-21/h1,8-13,16,19-20,23,25H,7,14-15,17H2,2-5H3,(H,30,32)/t19-,20+,23?,25-/m1/s1. The minimum absolute atomic E-state index is 0.162. The number of esters is 1. The van der Waals surface area contributed by atoms with Crippen molar-refractivity contribution in [3.63, 3.8) is 0 Å². The molecule has 1 aliphatic rings. The fourth-order valence-electron chi connectivity index (χ4n) is 4.25. The summed E-state index contributed by atoms with van der Waals surface area (Å²) in [6, 6.07) is 10.7.